The number of methoxy groups -OCH3 is 1. The summed E-state index contributed by atoms with van der Waals surface area (Å²) in [5, 5.41) is 9.67. The summed E-state index contributed by atoms with van der Waals surface area (Å²) in [6.45, 7) is 2.59. The lowest BCUT2D eigenvalue weighted by molar-refractivity contribution is -0.163. The van der Waals surface area contributed by atoms with Crippen LogP contribution in [-0.4, -0.2) is 30.4 Å². The fraction of sp³-hybridized carbons (Fsp3) is 0.417. The van der Waals surface area contributed by atoms with E-state index in [0.717, 1.165) is 0 Å². The number of aryl methyl sites for hydroxylation is 1. The number of rotatable bonds is 4. The second-order valence-electron chi connectivity index (χ2n) is 3.97. The number of hydrogen-bond acceptors (Lipinski definition) is 4. The quantitative estimate of drug-likeness (QED) is 0.812. The zero-order chi connectivity index (χ0) is 13.1. The van der Waals surface area contributed by atoms with E-state index in [2.05, 4.69) is 4.74 Å². The first-order chi connectivity index (χ1) is 7.86. The molecule has 0 radical (unpaired) electrons. The Labute approximate surface area is 99.0 Å². The molecule has 1 rings (SSSR count). The molecule has 1 unspecified atom stereocenters. The summed E-state index contributed by atoms with van der Waals surface area (Å²) in [5.41, 5.74) is -1.26. The molecule has 0 fully saturated rings. The van der Waals surface area contributed by atoms with Gasteiger partial charge in [-0.05, 0) is 25.5 Å². The van der Waals surface area contributed by atoms with Gasteiger partial charge in [-0.3, -0.25) is 0 Å². The Morgan fingerprint density at radius 2 is 2.18 bits per heavy atom. The molecule has 4 nitrogen and oxygen atoms in total. The Bertz CT molecular complexity index is 415. The topological polar surface area (TPSA) is 55.8 Å². The summed E-state index contributed by atoms with van der Waals surface area (Å²) in [5.74, 6) is -0.956. The van der Waals surface area contributed by atoms with Gasteiger partial charge in [-0.2, -0.15) is 0 Å². The molecule has 94 valence electrons. The molecule has 1 aromatic rings. The maximum atomic E-state index is 13.2. The Kier molecular flexibility index (Phi) is 4.07. The molecule has 0 aliphatic carbocycles. The van der Waals surface area contributed by atoms with Crippen LogP contribution in [-0.2, 0) is 9.53 Å². The van der Waals surface area contributed by atoms with Gasteiger partial charge >= 0.3 is 5.97 Å². The summed E-state index contributed by atoms with van der Waals surface area (Å²) < 4.78 is 22.7. The third-order valence-electron chi connectivity index (χ3n) is 2.29. The molecule has 0 spiro atoms. The van der Waals surface area contributed by atoms with Crippen molar-refractivity contribution in [2.75, 3.05) is 13.7 Å². The average Bonchev–Trinajstić information content (AvgIpc) is 2.29. The molecule has 0 bridgehead atoms. The third-order valence-corrected chi connectivity index (χ3v) is 2.29. The monoisotopic (exact) mass is 242 g/mol. The standard InChI is InChI=1S/C12H15FO4/c1-8-4-5-9(6-10(8)13)17-7-12(2,15)11(14)16-3/h4-6,15H,7H2,1-3H3. The fourth-order valence-corrected chi connectivity index (χ4v) is 1.17. The maximum absolute atomic E-state index is 13.2. The van der Waals surface area contributed by atoms with Gasteiger partial charge in [0.2, 0.25) is 0 Å². The van der Waals surface area contributed by atoms with Crippen molar-refractivity contribution in [3.05, 3.63) is 29.6 Å². The van der Waals surface area contributed by atoms with Crippen LogP contribution in [0.5, 0.6) is 5.75 Å². The second-order valence-corrected chi connectivity index (χ2v) is 3.97. The van der Waals surface area contributed by atoms with Crippen molar-refractivity contribution in [1.29, 1.82) is 0 Å². The van der Waals surface area contributed by atoms with E-state index in [4.69, 9.17) is 4.74 Å². The van der Waals surface area contributed by atoms with E-state index in [1.165, 1.54) is 20.1 Å². The minimum absolute atomic E-state index is 0.247. The minimum atomic E-state index is -1.75. The van der Waals surface area contributed by atoms with Gasteiger partial charge in [-0.15, -0.1) is 0 Å². The molecule has 1 atom stereocenters. The van der Waals surface area contributed by atoms with Crippen LogP contribution in [0.1, 0.15) is 12.5 Å². The van der Waals surface area contributed by atoms with E-state index in [9.17, 15) is 14.3 Å². The van der Waals surface area contributed by atoms with Crippen molar-refractivity contribution >= 4 is 5.97 Å². The predicted molar refractivity (Wildman–Crippen MR) is 59.3 cm³/mol. The van der Waals surface area contributed by atoms with E-state index in [1.54, 1.807) is 19.1 Å². The van der Waals surface area contributed by atoms with Crippen molar-refractivity contribution in [3.63, 3.8) is 0 Å². The Balaban J connectivity index is 2.67. The molecule has 17 heavy (non-hydrogen) atoms. The summed E-state index contributed by atoms with van der Waals surface area (Å²) in [6.07, 6.45) is 0. The van der Waals surface area contributed by atoms with Crippen LogP contribution in [0.15, 0.2) is 18.2 Å². The Morgan fingerprint density at radius 1 is 1.53 bits per heavy atom. The lowest BCUT2D eigenvalue weighted by atomic mass is 10.1. The molecule has 0 aliphatic heterocycles. The van der Waals surface area contributed by atoms with Gasteiger partial charge in [-0.1, -0.05) is 6.07 Å². The number of hydrogen-bond donors (Lipinski definition) is 1. The fourth-order valence-electron chi connectivity index (χ4n) is 1.17. The average molecular weight is 242 g/mol. The molecule has 0 saturated carbocycles. The van der Waals surface area contributed by atoms with E-state index in [1.807, 2.05) is 0 Å². The number of carbonyl (C=O) groups is 1. The van der Waals surface area contributed by atoms with Crippen LogP contribution in [0.4, 0.5) is 4.39 Å². The van der Waals surface area contributed by atoms with E-state index < -0.39 is 17.4 Å². The Hall–Kier alpha value is -1.62. The summed E-state index contributed by atoms with van der Waals surface area (Å²) >= 11 is 0. The van der Waals surface area contributed by atoms with E-state index in [0.29, 0.717) is 5.56 Å². The molecular formula is C12H15FO4. The zero-order valence-electron chi connectivity index (χ0n) is 9.99. The molecule has 5 heteroatoms. The van der Waals surface area contributed by atoms with Crippen molar-refractivity contribution in [2.45, 2.75) is 19.4 Å². The van der Waals surface area contributed by atoms with Gasteiger partial charge < -0.3 is 14.6 Å². The highest BCUT2D eigenvalue weighted by molar-refractivity contribution is 5.78. The lowest BCUT2D eigenvalue weighted by Gasteiger charge is -2.20. The van der Waals surface area contributed by atoms with Crippen LogP contribution < -0.4 is 4.74 Å². The lowest BCUT2D eigenvalue weighted by Crippen LogP contribution is -2.42. The van der Waals surface area contributed by atoms with Gasteiger partial charge in [0.15, 0.2) is 5.60 Å². The summed E-state index contributed by atoms with van der Waals surface area (Å²) in [4.78, 5) is 11.1. The summed E-state index contributed by atoms with van der Waals surface area (Å²) in [6, 6.07) is 4.31. The molecular weight excluding hydrogens is 227 g/mol. The number of aliphatic hydroxyl groups is 1. The zero-order valence-corrected chi connectivity index (χ0v) is 9.99. The summed E-state index contributed by atoms with van der Waals surface area (Å²) in [7, 11) is 1.17. The van der Waals surface area contributed by atoms with E-state index in [-0.39, 0.29) is 12.4 Å². The molecule has 0 aromatic heterocycles. The maximum Gasteiger partial charge on any atom is 0.341 e. The van der Waals surface area contributed by atoms with E-state index >= 15 is 0 Å². The number of benzene rings is 1. The van der Waals surface area contributed by atoms with Gasteiger partial charge in [0, 0.05) is 6.07 Å². The van der Waals surface area contributed by atoms with Crippen LogP contribution in [0.2, 0.25) is 0 Å². The Morgan fingerprint density at radius 3 is 2.71 bits per heavy atom. The number of ether oxygens (including phenoxy) is 2. The highest BCUT2D eigenvalue weighted by atomic mass is 19.1. The first-order valence-corrected chi connectivity index (χ1v) is 5.06. The first-order valence-electron chi connectivity index (χ1n) is 5.06. The highest BCUT2D eigenvalue weighted by Gasteiger charge is 2.32. The molecule has 1 aromatic carbocycles. The van der Waals surface area contributed by atoms with Gasteiger partial charge in [0.05, 0.1) is 7.11 Å². The van der Waals surface area contributed by atoms with Crippen LogP contribution in [0, 0.1) is 12.7 Å². The SMILES string of the molecule is COC(=O)C(C)(O)COc1ccc(C)c(F)c1. The predicted octanol–water partition coefficient (Wildman–Crippen LogP) is 1.44. The second kappa shape index (κ2) is 5.14. The van der Waals surface area contributed by atoms with Crippen LogP contribution >= 0.6 is 0 Å². The van der Waals surface area contributed by atoms with Crippen LogP contribution in [0.25, 0.3) is 0 Å². The number of halogens is 1. The van der Waals surface area contributed by atoms with Gasteiger partial charge in [-0.25, -0.2) is 9.18 Å². The van der Waals surface area contributed by atoms with Crippen LogP contribution in [0.3, 0.4) is 0 Å². The van der Waals surface area contributed by atoms with Crippen molar-refractivity contribution in [1.82, 2.24) is 0 Å². The number of esters is 1. The molecule has 0 saturated heterocycles. The largest absolute Gasteiger partial charge is 0.490 e. The van der Waals surface area contributed by atoms with Gasteiger partial charge in [0.25, 0.3) is 0 Å². The normalized spacial score (nSPS) is 13.9. The molecule has 0 heterocycles. The van der Waals surface area contributed by atoms with Crippen molar-refractivity contribution in [2.24, 2.45) is 0 Å². The third kappa shape index (κ3) is 3.42. The van der Waals surface area contributed by atoms with Gasteiger partial charge in [0.1, 0.15) is 18.2 Å². The minimum Gasteiger partial charge on any atom is -0.490 e. The van der Waals surface area contributed by atoms with Crippen molar-refractivity contribution < 1.29 is 23.8 Å². The van der Waals surface area contributed by atoms with Crippen molar-refractivity contribution in [3.8, 4) is 5.75 Å². The number of carbonyl (C=O) groups excluding carboxylic acids is 1. The molecule has 0 amide bonds. The molecule has 1 N–H and O–H groups in total. The molecule has 0 aliphatic rings. The first kappa shape index (κ1) is 13.4. The smallest absolute Gasteiger partial charge is 0.341 e. The highest BCUT2D eigenvalue weighted by Crippen LogP contribution is 2.17.